The molecule has 0 aromatic heterocycles. The summed E-state index contributed by atoms with van der Waals surface area (Å²) in [4.78, 5) is 20.5. The Labute approximate surface area is 166 Å². The van der Waals surface area contributed by atoms with Gasteiger partial charge in [-0.1, -0.05) is 35.6 Å². The zero-order valence-electron chi connectivity index (χ0n) is 15.0. The van der Waals surface area contributed by atoms with E-state index in [-0.39, 0.29) is 16.4 Å². The van der Waals surface area contributed by atoms with Crippen LogP contribution in [0.25, 0.3) is 0 Å². The van der Waals surface area contributed by atoms with Gasteiger partial charge in [-0.15, -0.1) is 0 Å². The van der Waals surface area contributed by atoms with Crippen LogP contribution in [0, 0.1) is 0 Å². The minimum Gasteiger partial charge on any atom is -0.370 e. The van der Waals surface area contributed by atoms with Crippen LogP contribution in [-0.4, -0.2) is 36.3 Å². The Kier molecular flexibility index (Phi) is 5.51. The van der Waals surface area contributed by atoms with E-state index in [4.69, 9.17) is 11.5 Å². The number of carbonyl (C=O) groups excluding carboxylic acids is 1. The second-order valence-electron chi connectivity index (χ2n) is 6.47. The summed E-state index contributed by atoms with van der Waals surface area (Å²) in [6.07, 6.45) is 3.17. The summed E-state index contributed by atoms with van der Waals surface area (Å²) in [5.74, 6) is -1.05. The summed E-state index contributed by atoms with van der Waals surface area (Å²) in [6.45, 7) is 5.50. The van der Waals surface area contributed by atoms with Gasteiger partial charge in [0, 0.05) is 23.6 Å². The maximum Gasteiger partial charge on any atom is 0.280 e. The monoisotopic (exact) mass is 491 g/mol. The lowest BCUT2D eigenvalue weighted by Crippen LogP contribution is -2.44. The minimum atomic E-state index is -3.65. The van der Waals surface area contributed by atoms with Gasteiger partial charge in [0.1, 0.15) is 9.21 Å². The van der Waals surface area contributed by atoms with Crippen molar-refractivity contribution in [2.75, 3.05) is 6.26 Å². The number of aliphatic imine (C=N–C) groups is 2. The Morgan fingerprint density at radius 3 is 2.38 bits per heavy atom. The molecule has 1 aromatic rings. The van der Waals surface area contributed by atoms with Crippen LogP contribution >= 0.6 is 22.6 Å². The predicted octanol–water partition coefficient (Wildman–Crippen LogP) is 1.06. The molecule has 26 heavy (non-hydrogen) atoms. The van der Waals surface area contributed by atoms with E-state index in [1.165, 1.54) is 0 Å². The van der Waals surface area contributed by atoms with Gasteiger partial charge < -0.3 is 11.5 Å². The Balaban J connectivity index is 2.79. The maximum atomic E-state index is 12.6. The SMILES string of the molecule is CCc1c(C(=O)N=C(N)N)ccc(C2(C)N=CC(C)(I)N2)c1S(C)(=O)=O. The zero-order valence-corrected chi connectivity index (χ0v) is 18.0. The number of nitrogens with zero attached hydrogens (tertiary/aromatic N) is 2. The molecule has 1 aliphatic heterocycles. The highest BCUT2D eigenvalue weighted by atomic mass is 127. The van der Waals surface area contributed by atoms with E-state index in [0.717, 1.165) is 6.26 Å². The fraction of sp³-hybridized carbons (Fsp3) is 0.438. The van der Waals surface area contributed by atoms with Crippen molar-refractivity contribution in [2.24, 2.45) is 21.5 Å². The number of carbonyl (C=O) groups is 1. The van der Waals surface area contributed by atoms with Crippen molar-refractivity contribution in [3.8, 4) is 0 Å². The van der Waals surface area contributed by atoms with Gasteiger partial charge in [0.25, 0.3) is 5.91 Å². The molecule has 5 N–H and O–H groups in total. The number of hydrogen-bond acceptors (Lipinski definition) is 5. The quantitative estimate of drug-likeness (QED) is 0.189. The second-order valence-corrected chi connectivity index (χ2v) is 10.7. The van der Waals surface area contributed by atoms with Gasteiger partial charge in [0.2, 0.25) is 0 Å². The molecule has 8 nitrogen and oxygen atoms in total. The molecular weight excluding hydrogens is 469 g/mol. The van der Waals surface area contributed by atoms with Crippen LogP contribution in [0.4, 0.5) is 0 Å². The number of benzene rings is 1. The average Bonchev–Trinajstić information content (AvgIpc) is 2.78. The van der Waals surface area contributed by atoms with Crippen LogP contribution in [0.3, 0.4) is 0 Å². The summed E-state index contributed by atoms with van der Waals surface area (Å²) in [5.41, 5.74) is 10.7. The summed E-state index contributed by atoms with van der Waals surface area (Å²) in [6, 6.07) is 3.14. The fourth-order valence-electron chi connectivity index (χ4n) is 3.09. The smallest absolute Gasteiger partial charge is 0.280 e. The molecule has 142 valence electrons. The van der Waals surface area contributed by atoms with Crippen LogP contribution in [0.1, 0.15) is 42.3 Å². The van der Waals surface area contributed by atoms with E-state index in [9.17, 15) is 13.2 Å². The Hall–Kier alpha value is -1.53. The molecule has 1 amide bonds. The molecule has 10 heteroatoms. The van der Waals surface area contributed by atoms with Gasteiger partial charge in [-0.25, -0.2) is 8.42 Å². The third kappa shape index (κ3) is 4.07. The average molecular weight is 491 g/mol. The number of rotatable bonds is 4. The third-order valence-corrected chi connectivity index (χ3v) is 5.78. The van der Waals surface area contributed by atoms with Gasteiger partial charge in [0.15, 0.2) is 15.8 Å². The molecule has 2 atom stereocenters. The highest BCUT2D eigenvalue weighted by Crippen LogP contribution is 2.38. The molecule has 2 unspecified atom stereocenters. The van der Waals surface area contributed by atoms with Gasteiger partial charge in [-0.3, -0.25) is 15.1 Å². The molecule has 2 rings (SSSR count). The lowest BCUT2D eigenvalue weighted by Gasteiger charge is -2.29. The van der Waals surface area contributed by atoms with Gasteiger partial charge in [0.05, 0.1) is 4.90 Å². The highest BCUT2D eigenvalue weighted by Gasteiger charge is 2.41. The van der Waals surface area contributed by atoms with Crippen molar-refractivity contribution in [1.29, 1.82) is 0 Å². The van der Waals surface area contributed by atoms with E-state index in [0.29, 0.717) is 17.5 Å². The lowest BCUT2D eigenvalue weighted by molar-refractivity contribution is 0.100. The number of alkyl halides is 1. The van der Waals surface area contributed by atoms with E-state index in [2.05, 4.69) is 37.9 Å². The largest absolute Gasteiger partial charge is 0.370 e. The molecular formula is C16H22IN5O3S. The van der Waals surface area contributed by atoms with Gasteiger partial charge in [-0.2, -0.15) is 4.99 Å². The number of nitrogens with two attached hydrogens (primary N) is 2. The maximum absolute atomic E-state index is 12.6. The predicted molar refractivity (Wildman–Crippen MR) is 110 cm³/mol. The minimum absolute atomic E-state index is 0.0814. The molecule has 0 fully saturated rings. The molecule has 0 saturated heterocycles. The number of nitrogens with one attached hydrogen (secondary N) is 1. The van der Waals surface area contributed by atoms with Gasteiger partial charge >= 0.3 is 0 Å². The summed E-state index contributed by atoms with van der Waals surface area (Å²) < 4.78 is 24.8. The van der Waals surface area contributed by atoms with Crippen LogP contribution in [0.2, 0.25) is 0 Å². The molecule has 0 spiro atoms. The summed E-state index contributed by atoms with van der Waals surface area (Å²) in [5, 5.41) is 3.32. The first kappa shape index (κ1) is 20.8. The number of halogens is 1. The lowest BCUT2D eigenvalue weighted by atomic mass is 9.94. The molecule has 1 aliphatic rings. The Morgan fingerprint density at radius 1 is 1.35 bits per heavy atom. The first-order valence-electron chi connectivity index (χ1n) is 7.86. The van der Waals surface area contributed by atoms with Crippen molar-refractivity contribution in [3.63, 3.8) is 0 Å². The third-order valence-electron chi connectivity index (χ3n) is 4.02. The summed E-state index contributed by atoms with van der Waals surface area (Å²) >= 11 is 2.19. The molecule has 0 radical (unpaired) electrons. The van der Waals surface area contributed by atoms with Crippen molar-refractivity contribution >= 4 is 50.5 Å². The highest BCUT2D eigenvalue weighted by molar-refractivity contribution is 14.1. The van der Waals surface area contributed by atoms with Crippen molar-refractivity contribution in [1.82, 2.24) is 5.32 Å². The summed E-state index contributed by atoms with van der Waals surface area (Å²) in [7, 11) is -3.65. The van der Waals surface area contributed by atoms with Crippen LogP contribution in [0.5, 0.6) is 0 Å². The molecule has 0 aliphatic carbocycles. The molecule has 0 bridgehead atoms. The number of hydrogen-bond donors (Lipinski definition) is 3. The molecule has 0 saturated carbocycles. The van der Waals surface area contributed by atoms with Crippen LogP contribution in [-0.2, 0) is 21.9 Å². The zero-order chi connectivity index (χ0) is 19.9. The Morgan fingerprint density at radius 2 is 1.96 bits per heavy atom. The first-order chi connectivity index (χ1) is 11.8. The number of guanidine groups is 1. The molecule has 1 heterocycles. The van der Waals surface area contributed by atoms with Crippen molar-refractivity contribution < 1.29 is 13.2 Å². The van der Waals surface area contributed by atoms with E-state index < -0.39 is 25.0 Å². The Bertz CT molecular complexity index is 920. The van der Waals surface area contributed by atoms with E-state index in [1.807, 2.05) is 6.92 Å². The fourth-order valence-corrected chi connectivity index (χ4v) is 5.12. The standard InChI is InChI=1S/C16H22IN5O3S/c1-5-9-10(13(23)21-14(18)19)6-7-11(12(9)26(4,24)25)16(3)20-8-15(2,17)22-16/h6-8,22H,5H2,1-4H3,(H4,18,19,21,23). The normalized spacial score (nSPS) is 25.3. The molecule has 1 aromatic carbocycles. The van der Waals surface area contributed by atoms with Crippen molar-refractivity contribution in [3.05, 3.63) is 28.8 Å². The number of sulfone groups is 1. The topological polar surface area (TPSA) is 140 Å². The van der Waals surface area contributed by atoms with E-state index in [1.54, 1.807) is 32.2 Å². The van der Waals surface area contributed by atoms with Crippen LogP contribution < -0.4 is 16.8 Å². The number of amides is 1. The van der Waals surface area contributed by atoms with E-state index >= 15 is 0 Å². The van der Waals surface area contributed by atoms with Crippen molar-refractivity contribution in [2.45, 2.75) is 41.3 Å². The first-order valence-corrected chi connectivity index (χ1v) is 10.8. The van der Waals surface area contributed by atoms with Crippen LogP contribution in [0.15, 0.2) is 27.0 Å². The second kappa shape index (κ2) is 6.89. The van der Waals surface area contributed by atoms with Gasteiger partial charge in [-0.05, 0) is 31.9 Å².